The summed E-state index contributed by atoms with van der Waals surface area (Å²) in [6.45, 7) is 0. The summed E-state index contributed by atoms with van der Waals surface area (Å²) in [5.41, 5.74) is 7.89. The topological polar surface area (TPSA) is 72.5 Å². The van der Waals surface area contributed by atoms with Crippen LogP contribution >= 0.6 is 11.3 Å². The molecule has 1 heterocycles. The highest BCUT2D eigenvalue weighted by Gasteiger charge is 2.31. The van der Waals surface area contributed by atoms with Crippen LogP contribution in [0.15, 0.2) is 28.7 Å². The van der Waals surface area contributed by atoms with Gasteiger partial charge in [-0.25, -0.2) is 9.37 Å². The van der Waals surface area contributed by atoms with Crippen LogP contribution in [-0.2, 0) is 0 Å². The van der Waals surface area contributed by atoms with E-state index in [0.717, 1.165) is 18.3 Å². The zero-order valence-electron chi connectivity index (χ0n) is 10.2. The van der Waals surface area contributed by atoms with Crippen molar-refractivity contribution in [3.05, 3.63) is 35.0 Å². The summed E-state index contributed by atoms with van der Waals surface area (Å²) in [6.07, 6.45) is -3.77. The molecule has 10 heteroatoms. The first-order chi connectivity index (χ1) is 9.83. The molecule has 0 aliphatic rings. The van der Waals surface area contributed by atoms with Gasteiger partial charge >= 0.3 is 6.36 Å². The number of nitrogens with one attached hydrogen (secondary N) is 1. The van der Waals surface area contributed by atoms with E-state index in [4.69, 9.17) is 5.73 Å². The fourth-order valence-electron chi connectivity index (χ4n) is 1.30. The van der Waals surface area contributed by atoms with E-state index >= 15 is 0 Å². The van der Waals surface area contributed by atoms with Crippen molar-refractivity contribution in [3.8, 4) is 5.75 Å². The van der Waals surface area contributed by atoms with Crippen LogP contribution < -0.4 is 15.9 Å². The molecule has 0 saturated carbocycles. The van der Waals surface area contributed by atoms with E-state index in [1.165, 1.54) is 11.3 Å². The molecule has 112 valence electrons. The number of hydrazone groups is 1. The molecule has 0 bridgehead atoms. The summed E-state index contributed by atoms with van der Waals surface area (Å²) in [4.78, 5) is 3.85. The quantitative estimate of drug-likeness (QED) is 0.515. The van der Waals surface area contributed by atoms with Crippen LogP contribution in [0.3, 0.4) is 0 Å². The minimum absolute atomic E-state index is 0.0125. The lowest BCUT2D eigenvalue weighted by Crippen LogP contribution is -2.17. The van der Waals surface area contributed by atoms with Crippen molar-refractivity contribution in [1.29, 1.82) is 0 Å². The third-order valence-electron chi connectivity index (χ3n) is 2.09. The van der Waals surface area contributed by atoms with Crippen LogP contribution in [0, 0.1) is 5.82 Å². The predicted molar refractivity (Wildman–Crippen MR) is 70.8 cm³/mol. The number of hydrogen-bond acceptors (Lipinski definition) is 6. The molecule has 21 heavy (non-hydrogen) atoms. The first-order valence-electron chi connectivity index (χ1n) is 5.39. The number of aromatic nitrogens is 1. The molecule has 0 aliphatic heterocycles. The molecule has 0 saturated heterocycles. The standard InChI is InChI=1S/C11H8F4N4OS/c12-8-3-7(20-11(13,14)15)2-1-6(8)4-17-19-10-18-9(16)5-21-10/h1-5H,16H2,(H,18,19). The second-order valence-electron chi connectivity index (χ2n) is 3.68. The summed E-state index contributed by atoms with van der Waals surface area (Å²) in [7, 11) is 0. The van der Waals surface area contributed by atoms with Crippen LogP contribution in [-0.4, -0.2) is 17.6 Å². The van der Waals surface area contributed by atoms with E-state index in [2.05, 4.69) is 20.2 Å². The largest absolute Gasteiger partial charge is 0.573 e. The first kappa shape index (κ1) is 15.0. The smallest absolute Gasteiger partial charge is 0.406 e. The Morgan fingerprint density at radius 3 is 2.71 bits per heavy atom. The molecule has 0 fully saturated rings. The lowest BCUT2D eigenvalue weighted by molar-refractivity contribution is -0.274. The highest BCUT2D eigenvalue weighted by Crippen LogP contribution is 2.24. The molecule has 0 unspecified atom stereocenters. The average Bonchev–Trinajstić information content (AvgIpc) is 2.76. The van der Waals surface area contributed by atoms with Crippen molar-refractivity contribution in [2.75, 3.05) is 11.2 Å². The van der Waals surface area contributed by atoms with E-state index in [0.29, 0.717) is 17.0 Å². The number of hydrogen-bond donors (Lipinski definition) is 2. The maximum absolute atomic E-state index is 13.6. The molecule has 2 rings (SSSR count). The maximum Gasteiger partial charge on any atom is 0.573 e. The number of nitrogens with two attached hydrogens (primary N) is 1. The SMILES string of the molecule is Nc1csc(NN=Cc2ccc(OC(F)(F)F)cc2F)n1. The predicted octanol–water partition coefficient (Wildman–Crippen LogP) is 3.21. The lowest BCUT2D eigenvalue weighted by Gasteiger charge is -2.08. The number of alkyl halides is 3. The van der Waals surface area contributed by atoms with Crippen LogP contribution in [0.4, 0.5) is 28.5 Å². The molecule has 0 spiro atoms. The van der Waals surface area contributed by atoms with Crippen LogP contribution in [0.2, 0.25) is 0 Å². The van der Waals surface area contributed by atoms with Gasteiger partial charge in [0.15, 0.2) is 0 Å². The van der Waals surface area contributed by atoms with Gasteiger partial charge < -0.3 is 10.5 Å². The Morgan fingerprint density at radius 2 is 2.14 bits per heavy atom. The number of rotatable bonds is 4. The Morgan fingerprint density at radius 1 is 1.38 bits per heavy atom. The van der Waals surface area contributed by atoms with Gasteiger partial charge in [0.1, 0.15) is 17.4 Å². The van der Waals surface area contributed by atoms with E-state index in [-0.39, 0.29) is 5.56 Å². The number of anilines is 2. The second kappa shape index (κ2) is 5.95. The van der Waals surface area contributed by atoms with Gasteiger partial charge in [0.2, 0.25) is 5.13 Å². The zero-order valence-corrected chi connectivity index (χ0v) is 11.0. The van der Waals surface area contributed by atoms with Crippen LogP contribution in [0.25, 0.3) is 0 Å². The maximum atomic E-state index is 13.6. The van der Waals surface area contributed by atoms with Gasteiger partial charge in [-0.2, -0.15) is 5.10 Å². The molecule has 0 amide bonds. The summed E-state index contributed by atoms with van der Waals surface area (Å²) < 4.78 is 53.1. The highest BCUT2D eigenvalue weighted by atomic mass is 32.1. The van der Waals surface area contributed by atoms with Gasteiger partial charge in [0, 0.05) is 17.0 Å². The summed E-state index contributed by atoms with van der Waals surface area (Å²) in [6, 6.07) is 2.72. The van der Waals surface area contributed by atoms with Crippen molar-refractivity contribution in [2.45, 2.75) is 6.36 Å². The van der Waals surface area contributed by atoms with Gasteiger partial charge in [-0.1, -0.05) is 0 Å². The Kier molecular flexibility index (Phi) is 4.26. The normalized spacial score (nSPS) is 11.8. The monoisotopic (exact) mass is 320 g/mol. The van der Waals surface area contributed by atoms with Gasteiger partial charge in [-0.3, -0.25) is 5.43 Å². The Balaban J connectivity index is 2.03. The van der Waals surface area contributed by atoms with Crippen molar-refractivity contribution in [2.24, 2.45) is 5.10 Å². The molecular weight excluding hydrogens is 312 g/mol. The fraction of sp³-hybridized carbons (Fsp3) is 0.0909. The fourth-order valence-corrected chi connectivity index (χ4v) is 1.85. The molecule has 5 nitrogen and oxygen atoms in total. The number of benzene rings is 1. The zero-order chi connectivity index (χ0) is 15.5. The average molecular weight is 320 g/mol. The second-order valence-corrected chi connectivity index (χ2v) is 4.54. The summed E-state index contributed by atoms with van der Waals surface area (Å²) in [5, 5.41) is 5.69. The minimum Gasteiger partial charge on any atom is -0.406 e. The minimum atomic E-state index is -4.87. The van der Waals surface area contributed by atoms with Crippen molar-refractivity contribution >= 4 is 28.5 Å². The van der Waals surface area contributed by atoms with Gasteiger partial charge in [-0.05, 0) is 12.1 Å². The van der Waals surface area contributed by atoms with Gasteiger partial charge in [0.25, 0.3) is 0 Å². The van der Waals surface area contributed by atoms with E-state index in [9.17, 15) is 17.6 Å². The summed E-state index contributed by atoms with van der Waals surface area (Å²) in [5.74, 6) is -1.23. The Labute approximate surface area is 120 Å². The number of thiazole rings is 1. The number of ether oxygens (including phenoxy) is 1. The third-order valence-corrected chi connectivity index (χ3v) is 2.86. The Hall–Kier alpha value is -2.36. The summed E-state index contributed by atoms with van der Waals surface area (Å²) >= 11 is 1.20. The van der Waals surface area contributed by atoms with E-state index in [1.54, 1.807) is 5.38 Å². The molecule has 1 aromatic carbocycles. The van der Waals surface area contributed by atoms with E-state index in [1.807, 2.05) is 0 Å². The van der Waals surface area contributed by atoms with Gasteiger partial charge in [-0.15, -0.1) is 24.5 Å². The number of nitrogens with zero attached hydrogens (tertiary/aromatic N) is 2. The third kappa shape index (κ3) is 4.60. The number of nitrogen functional groups attached to an aromatic ring is 1. The van der Waals surface area contributed by atoms with Gasteiger partial charge in [0.05, 0.1) is 6.21 Å². The Bertz CT molecular complexity index is 656. The molecule has 0 radical (unpaired) electrons. The first-order valence-corrected chi connectivity index (χ1v) is 6.27. The molecule has 0 aliphatic carbocycles. The molecular formula is C11H8F4N4OS. The molecule has 1 aromatic heterocycles. The molecule has 0 atom stereocenters. The highest BCUT2D eigenvalue weighted by molar-refractivity contribution is 7.14. The number of halogens is 4. The van der Waals surface area contributed by atoms with Crippen molar-refractivity contribution in [1.82, 2.24) is 4.98 Å². The van der Waals surface area contributed by atoms with Crippen LogP contribution in [0.5, 0.6) is 5.75 Å². The molecule has 3 N–H and O–H groups in total. The van der Waals surface area contributed by atoms with Crippen LogP contribution in [0.1, 0.15) is 5.56 Å². The van der Waals surface area contributed by atoms with Crippen molar-refractivity contribution in [3.63, 3.8) is 0 Å². The molecule has 2 aromatic rings. The lowest BCUT2D eigenvalue weighted by atomic mass is 10.2. The van der Waals surface area contributed by atoms with Crippen molar-refractivity contribution < 1.29 is 22.3 Å². The van der Waals surface area contributed by atoms with E-state index < -0.39 is 17.9 Å².